The minimum Gasteiger partial charge on any atom is -0.384 e. The molecule has 3 nitrogen and oxygen atoms in total. The van der Waals surface area contributed by atoms with Crippen molar-refractivity contribution in [2.45, 2.75) is 19.4 Å². The Balaban J connectivity index is 1.82. The van der Waals surface area contributed by atoms with Gasteiger partial charge in [0.2, 0.25) is 0 Å². The molecule has 0 saturated heterocycles. The van der Waals surface area contributed by atoms with Crippen LogP contribution in [-0.2, 0) is 6.42 Å². The van der Waals surface area contributed by atoms with Crippen LogP contribution in [0.15, 0.2) is 36.4 Å². The zero-order chi connectivity index (χ0) is 16.6. The number of carbonyl (C=O) groups is 1. The fraction of sp³-hybridized carbons (Fsp3) is 0.278. The Morgan fingerprint density at radius 2 is 1.96 bits per heavy atom. The number of halogens is 2. The van der Waals surface area contributed by atoms with Crippen LogP contribution in [-0.4, -0.2) is 24.4 Å². The Morgan fingerprint density at radius 3 is 2.70 bits per heavy atom. The van der Waals surface area contributed by atoms with E-state index in [-0.39, 0.29) is 11.9 Å². The van der Waals surface area contributed by atoms with E-state index >= 15 is 0 Å². The number of amides is 1. The summed E-state index contributed by atoms with van der Waals surface area (Å²) in [5, 5.41) is 3.25. The van der Waals surface area contributed by atoms with Crippen molar-refractivity contribution >= 4 is 11.6 Å². The van der Waals surface area contributed by atoms with E-state index in [4.69, 9.17) is 0 Å². The van der Waals surface area contributed by atoms with Crippen LogP contribution in [0.2, 0.25) is 0 Å². The van der Waals surface area contributed by atoms with Gasteiger partial charge in [0.15, 0.2) is 11.6 Å². The molecule has 1 aliphatic heterocycles. The van der Waals surface area contributed by atoms with Crippen molar-refractivity contribution in [3.05, 3.63) is 64.7 Å². The first-order chi connectivity index (χ1) is 11.0. The SMILES string of the molecule is CC(c1ccc(F)c(F)c1)N(C)C(=O)c1ccc2c(c1)CCN2. The highest BCUT2D eigenvalue weighted by atomic mass is 19.2. The van der Waals surface area contributed by atoms with Crippen LogP contribution in [0.25, 0.3) is 0 Å². The van der Waals surface area contributed by atoms with E-state index in [9.17, 15) is 13.6 Å². The number of benzene rings is 2. The topological polar surface area (TPSA) is 32.3 Å². The van der Waals surface area contributed by atoms with E-state index in [0.717, 1.165) is 36.3 Å². The highest BCUT2D eigenvalue weighted by molar-refractivity contribution is 5.95. The molecule has 5 heteroatoms. The normalized spacial score (nSPS) is 14.1. The highest BCUT2D eigenvalue weighted by Crippen LogP contribution is 2.26. The van der Waals surface area contributed by atoms with Gasteiger partial charge in [-0.2, -0.15) is 0 Å². The van der Waals surface area contributed by atoms with E-state index in [0.29, 0.717) is 11.1 Å². The third kappa shape index (κ3) is 2.91. The van der Waals surface area contributed by atoms with E-state index in [1.165, 1.54) is 11.0 Å². The number of fused-ring (bicyclic) bond motifs is 1. The number of anilines is 1. The summed E-state index contributed by atoms with van der Waals surface area (Å²) in [5.74, 6) is -1.93. The standard InChI is InChI=1S/C18H18F2N2O/c1-11(12-3-5-15(19)16(20)10-12)22(2)18(23)14-4-6-17-13(9-14)7-8-21-17/h3-6,9-11,21H,7-8H2,1-2H3. The van der Waals surface area contributed by atoms with Gasteiger partial charge in [-0.25, -0.2) is 8.78 Å². The van der Waals surface area contributed by atoms with Crippen molar-refractivity contribution in [1.82, 2.24) is 4.90 Å². The molecule has 3 rings (SSSR count). The molecule has 1 aliphatic rings. The van der Waals surface area contributed by atoms with Crippen LogP contribution >= 0.6 is 0 Å². The van der Waals surface area contributed by atoms with Crippen LogP contribution in [0, 0.1) is 11.6 Å². The smallest absolute Gasteiger partial charge is 0.254 e. The fourth-order valence-electron chi connectivity index (χ4n) is 2.81. The van der Waals surface area contributed by atoms with Crippen molar-refractivity contribution in [2.75, 3.05) is 18.9 Å². The number of nitrogens with zero attached hydrogens (tertiary/aromatic N) is 1. The summed E-state index contributed by atoms with van der Waals surface area (Å²) >= 11 is 0. The molecule has 23 heavy (non-hydrogen) atoms. The van der Waals surface area contributed by atoms with Crippen LogP contribution in [0.4, 0.5) is 14.5 Å². The summed E-state index contributed by atoms with van der Waals surface area (Å²) < 4.78 is 26.4. The van der Waals surface area contributed by atoms with Crippen molar-refractivity contribution in [3.63, 3.8) is 0 Å². The molecule has 1 atom stereocenters. The summed E-state index contributed by atoms with van der Waals surface area (Å²) in [6.07, 6.45) is 0.902. The predicted molar refractivity (Wildman–Crippen MR) is 85.5 cm³/mol. The molecule has 0 saturated carbocycles. The number of hydrogen-bond acceptors (Lipinski definition) is 2. The molecule has 2 aromatic rings. The molecule has 0 spiro atoms. The summed E-state index contributed by atoms with van der Waals surface area (Å²) in [6, 6.07) is 8.95. The van der Waals surface area contributed by atoms with Gasteiger partial charge in [0.1, 0.15) is 0 Å². The summed E-state index contributed by atoms with van der Waals surface area (Å²) in [6.45, 7) is 2.67. The molecule has 0 radical (unpaired) electrons. The first-order valence-electron chi connectivity index (χ1n) is 7.56. The molecule has 2 aromatic carbocycles. The average Bonchev–Trinajstić information content (AvgIpc) is 3.02. The van der Waals surface area contributed by atoms with Gasteiger partial charge in [-0.3, -0.25) is 4.79 Å². The molecule has 1 amide bonds. The molecule has 0 fully saturated rings. The molecule has 0 aromatic heterocycles. The Labute approximate surface area is 133 Å². The monoisotopic (exact) mass is 316 g/mol. The van der Waals surface area contributed by atoms with Crippen molar-refractivity contribution in [3.8, 4) is 0 Å². The lowest BCUT2D eigenvalue weighted by Crippen LogP contribution is -2.29. The quantitative estimate of drug-likeness (QED) is 0.935. The van der Waals surface area contributed by atoms with Gasteiger partial charge in [-0.05, 0) is 54.8 Å². The molecule has 1 heterocycles. The molecular formula is C18H18F2N2O. The number of hydrogen-bond donors (Lipinski definition) is 1. The molecule has 120 valence electrons. The highest BCUT2D eigenvalue weighted by Gasteiger charge is 2.21. The van der Waals surface area contributed by atoms with Crippen LogP contribution in [0.1, 0.15) is 34.5 Å². The maximum Gasteiger partial charge on any atom is 0.254 e. The van der Waals surface area contributed by atoms with E-state index in [2.05, 4.69) is 5.32 Å². The molecule has 1 N–H and O–H groups in total. The van der Waals surface area contributed by atoms with Gasteiger partial charge in [0.05, 0.1) is 6.04 Å². The van der Waals surface area contributed by atoms with E-state index in [1.807, 2.05) is 12.1 Å². The zero-order valence-corrected chi connectivity index (χ0v) is 13.1. The Morgan fingerprint density at radius 1 is 1.17 bits per heavy atom. The summed E-state index contributed by atoms with van der Waals surface area (Å²) in [7, 11) is 1.67. The fourth-order valence-corrected chi connectivity index (χ4v) is 2.81. The summed E-state index contributed by atoms with van der Waals surface area (Å²) in [5.41, 5.74) is 3.36. The first-order valence-corrected chi connectivity index (χ1v) is 7.56. The third-order valence-electron chi connectivity index (χ3n) is 4.39. The second-order valence-corrected chi connectivity index (χ2v) is 5.81. The van der Waals surface area contributed by atoms with Gasteiger partial charge in [-0.15, -0.1) is 0 Å². The van der Waals surface area contributed by atoms with Gasteiger partial charge in [-0.1, -0.05) is 6.07 Å². The van der Waals surface area contributed by atoms with E-state index in [1.54, 1.807) is 20.0 Å². The molecular weight excluding hydrogens is 298 g/mol. The lowest BCUT2D eigenvalue weighted by Gasteiger charge is -2.25. The Bertz CT molecular complexity index is 761. The maximum atomic E-state index is 13.4. The van der Waals surface area contributed by atoms with Gasteiger partial charge < -0.3 is 10.2 Å². The van der Waals surface area contributed by atoms with Crippen LogP contribution in [0.3, 0.4) is 0 Å². The zero-order valence-electron chi connectivity index (χ0n) is 13.1. The number of nitrogens with one attached hydrogen (secondary N) is 1. The predicted octanol–water partition coefficient (Wildman–Crippen LogP) is 3.77. The second-order valence-electron chi connectivity index (χ2n) is 5.81. The molecule has 0 bridgehead atoms. The minimum atomic E-state index is -0.904. The maximum absolute atomic E-state index is 13.4. The number of rotatable bonds is 3. The lowest BCUT2D eigenvalue weighted by molar-refractivity contribution is 0.0742. The van der Waals surface area contributed by atoms with Crippen molar-refractivity contribution < 1.29 is 13.6 Å². The minimum absolute atomic E-state index is 0.142. The lowest BCUT2D eigenvalue weighted by atomic mass is 10.0. The Kier molecular flexibility index (Phi) is 4.03. The largest absolute Gasteiger partial charge is 0.384 e. The first kappa shape index (κ1) is 15.5. The Hall–Kier alpha value is -2.43. The van der Waals surface area contributed by atoms with Gasteiger partial charge in [0.25, 0.3) is 5.91 Å². The van der Waals surface area contributed by atoms with Crippen molar-refractivity contribution in [2.24, 2.45) is 0 Å². The van der Waals surface area contributed by atoms with Gasteiger partial charge >= 0.3 is 0 Å². The summed E-state index contributed by atoms with van der Waals surface area (Å²) in [4.78, 5) is 14.2. The average molecular weight is 316 g/mol. The number of carbonyl (C=O) groups excluding carboxylic acids is 1. The molecule has 1 unspecified atom stereocenters. The van der Waals surface area contributed by atoms with Crippen molar-refractivity contribution in [1.29, 1.82) is 0 Å². The molecule has 0 aliphatic carbocycles. The van der Waals surface area contributed by atoms with Crippen LogP contribution in [0.5, 0.6) is 0 Å². The van der Waals surface area contributed by atoms with Crippen LogP contribution < -0.4 is 5.32 Å². The van der Waals surface area contributed by atoms with Gasteiger partial charge in [0, 0.05) is 24.8 Å². The third-order valence-corrected chi connectivity index (χ3v) is 4.39. The van der Waals surface area contributed by atoms with E-state index < -0.39 is 11.6 Å². The second kappa shape index (κ2) is 5.99.